The summed E-state index contributed by atoms with van der Waals surface area (Å²) in [4.78, 5) is 25.8. The maximum atomic E-state index is 14.3. The van der Waals surface area contributed by atoms with Gasteiger partial charge in [0.1, 0.15) is 11.3 Å². The molecule has 2 aromatic heterocycles. The number of carbonyl (C=O) groups is 1. The molecular formula is C22H22F2N2O4. The molecule has 2 heterocycles. The average Bonchev–Trinajstić information content (AvgIpc) is 3.43. The van der Waals surface area contributed by atoms with Crippen molar-refractivity contribution in [2.45, 2.75) is 44.7 Å². The van der Waals surface area contributed by atoms with Crippen LogP contribution in [0.4, 0.5) is 8.78 Å². The van der Waals surface area contributed by atoms with E-state index in [2.05, 4.69) is 5.32 Å². The summed E-state index contributed by atoms with van der Waals surface area (Å²) in [5, 5.41) is 2.74. The zero-order chi connectivity index (χ0) is 21.4. The van der Waals surface area contributed by atoms with Crippen LogP contribution in [0, 0.1) is 11.6 Å². The van der Waals surface area contributed by atoms with E-state index < -0.39 is 23.0 Å². The maximum absolute atomic E-state index is 14.3. The predicted molar refractivity (Wildman–Crippen MR) is 107 cm³/mol. The van der Waals surface area contributed by atoms with Crippen molar-refractivity contribution in [3.8, 4) is 5.75 Å². The fourth-order valence-electron chi connectivity index (χ4n) is 3.61. The van der Waals surface area contributed by atoms with Crippen LogP contribution < -0.4 is 15.5 Å². The van der Waals surface area contributed by atoms with Gasteiger partial charge in [0.2, 0.25) is 11.2 Å². The number of nitrogens with zero attached hydrogens (tertiary/aromatic N) is 1. The van der Waals surface area contributed by atoms with Gasteiger partial charge in [-0.05, 0) is 44.4 Å². The smallest absolute Gasteiger partial charge is 0.256 e. The van der Waals surface area contributed by atoms with E-state index in [9.17, 15) is 18.4 Å². The summed E-state index contributed by atoms with van der Waals surface area (Å²) in [6.45, 7) is 1.83. The Labute approximate surface area is 171 Å². The number of benzene rings is 1. The van der Waals surface area contributed by atoms with Gasteiger partial charge >= 0.3 is 0 Å². The number of methoxy groups -OCH3 is 1. The molecule has 0 unspecified atom stereocenters. The molecule has 0 saturated heterocycles. The van der Waals surface area contributed by atoms with Crippen LogP contribution in [0.25, 0.3) is 10.9 Å². The van der Waals surface area contributed by atoms with Crippen molar-refractivity contribution in [2.24, 2.45) is 0 Å². The van der Waals surface area contributed by atoms with Crippen molar-refractivity contribution in [3.05, 3.63) is 63.8 Å². The van der Waals surface area contributed by atoms with Gasteiger partial charge in [-0.3, -0.25) is 9.59 Å². The van der Waals surface area contributed by atoms with Crippen LogP contribution in [0.15, 0.2) is 39.9 Å². The standard InChI is InChI=1S/C22H22F2N2O4/c1-12(5-8-14-4-3-9-30-14)25-22(28)16-11-26(13-6-7-13)19-15(20(16)27)10-17(23)18(24)21(19)29-2/h3-4,9-13H,5-8H2,1-2H3,(H,25,28)/t12-/m0/s1. The Morgan fingerprint density at radius 3 is 2.80 bits per heavy atom. The molecule has 1 aromatic carbocycles. The molecule has 1 N–H and O–H groups in total. The molecular weight excluding hydrogens is 394 g/mol. The first-order chi connectivity index (χ1) is 14.4. The van der Waals surface area contributed by atoms with E-state index in [0.717, 1.165) is 24.7 Å². The lowest BCUT2D eigenvalue weighted by molar-refractivity contribution is 0.0936. The number of carbonyl (C=O) groups excluding carboxylic acids is 1. The van der Waals surface area contributed by atoms with Crippen LogP contribution in [0.1, 0.15) is 48.3 Å². The lowest BCUT2D eigenvalue weighted by Crippen LogP contribution is -2.36. The van der Waals surface area contributed by atoms with Crippen molar-refractivity contribution >= 4 is 16.8 Å². The summed E-state index contributed by atoms with van der Waals surface area (Å²) in [6.07, 6.45) is 5.92. The first-order valence-electron chi connectivity index (χ1n) is 9.84. The highest BCUT2D eigenvalue weighted by atomic mass is 19.2. The summed E-state index contributed by atoms with van der Waals surface area (Å²) >= 11 is 0. The fraction of sp³-hybridized carbons (Fsp3) is 0.364. The van der Waals surface area contributed by atoms with Gasteiger partial charge in [-0.15, -0.1) is 0 Å². The molecule has 1 amide bonds. The van der Waals surface area contributed by atoms with E-state index in [1.54, 1.807) is 16.9 Å². The normalized spacial score (nSPS) is 14.7. The van der Waals surface area contributed by atoms with Crippen LogP contribution >= 0.6 is 0 Å². The Hall–Kier alpha value is -3.16. The van der Waals surface area contributed by atoms with Crippen LogP contribution in [0.5, 0.6) is 5.75 Å². The number of amides is 1. The SMILES string of the molecule is COc1c(F)c(F)cc2c(=O)c(C(=O)N[C@@H](C)CCc3ccco3)cn(C3CC3)c12. The van der Waals surface area contributed by atoms with Crippen molar-refractivity contribution < 1.29 is 22.7 Å². The number of nitrogens with one attached hydrogen (secondary N) is 1. The molecule has 0 aliphatic heterocycles. The molecule has 0 radical (unpaired) electrons. The molecule has 1 aliphatic rings. The Kier molecular flexibility index (Phi) is 5.32. The number of hydrogen-bond acceptors (Lipinski definition) is 4. The highest BCUT2D eigenvalue weighted by Gasteiger charge is 2.30. The zero-order valence-electron chi connectivity index (χ0n) is 16.7. The van der Waals surface area contributed by atoms with Gasteiger partial charge in [-0.2, -0.15) is 4.39 Å². The monoisotopic (exact) mass is 416 g/mol. The first-order valence-corrected chi connectivity index (χ1v) is 9.84. The second-order valence-electron chi connectivity index (χ2n) is 7.60. The van der Waals surface area contributed by atoms with E-state index in [1.807, 2.05) is 13.0 Å². The number of rotatable bonds is 7. The molecule has 0 spiro atoms. The number of furan rings is 1. The molecule has 30 heavy (non-hydrogen) atoms. The lowest BCUT2D eigenvalue weighted by Gasteiger charge is -2.17. The number of aromatic nitrogens is 1. The van der Waals surface area contributed by atoms with E-state index >= 15 is 0 Å². The molecule has 1 fully saturated rings. The minimum Gasteiger partial charge on any atom is -0.491 e. The molecule has 0 bridgehead atoms. The molecule has 6 nitrogen and oxygen atoms in total. The third-order valence-electron chi connectivity index (χ3n) is 5.34. The minimum atomic E-state index is -1.19. The van der Waals surface area contributed by atoms with Crippen LogP contribution in [-0.2, 0) is 6.42 Å². The summed E-state index contributed by atoms with van der Waals surface area (Å²) in [5.74, 6) is -2.41. The van der Waals surface area contributed by atoms with E-state index in [-0.39, 0.29) is 34.3 Å². The number of fused-ring (bicyclic) bond motifs is 1. The largest absolute Gasteiger partial charge is 0.491 e. The number of aryl methyl sites for hydroxylation is 1. The Balaban J connectivity index is 1.69. The van der Waals surface area contributed by atoms with Crippen LogP contribution in [0.2, 0.25) is 0 Å². The molecule has 1 saturated carbocycles. The van der Waals surface area contributed by atoms with Crippen molar-refractivity contribution in [2.75, 3.05) is 7.11 Å². The Morgan fingerprint density at radius 1 is 1.40 bits per heavy atom. The van der Waals surface area contributed by atoms with E-state index in [4.69, 9.17) is 9.15 Å². The molecule has 4 rings (SSSR count). The number of ether oxygens (including phenoxy) is 1. The zero-order valence-corrected chi connectivity index (χ0v) is 16.7. The average molecular weight is 416 g/mol. The molecule has 8 heteroatoms. The highest BCUT2D eigenvalue weighted by Crippen LogP contribution is 2.40. The summed E-state index contributed by atoms with van der Waals surface area (Å²) in [6, 6.07) is 4.28. The third-order valence-corrected chi connectivity index (χ3v) is 5.34. The second-order valence-corrected chi connectivity index (χ2v) is 7.60. The van der Waals surface area contributed by atoms with Crippen molar-refractivity contribution in [1.29, 1.82) is 0 Å². The topological polar surface area (TPSA) is 73.5 Å². The van der Waals surface area contributed by atoms with Crippen molar-refractivity contribution in [1.82, 2.24) is 9.88 Å². The van der Waals surface area contributed by atoms with Gasteiger partial charge in [-0.25, -0.2) is 4.39 Å². The lowest BCUT2D eigenvalue weighted by atomic mass is 10.1. The third kappa shape index (κ3) is 3.69. The molecule has 158 valence electrons. The number of pyridine rings is 1. The van der Waals surface area contributed by atoms with Gasteiger partial charge in [0.25, 0.3) is 5.91 Å². The summed E-state index contributed by atoms with van der Waals surface area (Å²) < 4.78 is 40.3. The van der Waals surface area contributed by atoms with Gasteiger partial charge in [0.15, 0.2) is 11.6 Å². The van der Waals surface area contributed by atoms with E-state index in [1.165, 1.54) is 13.3 Å². The maximum Gasteiger partial charge on any atom is 0.256 e. The van der Waals surface area contributed by atoms with Crippen LogP contribution in [-0.4, -0.2) is 23.6 Å². The van der Waals surface area contributed by atoms with Crippen molar-refractivity contribution in [3.63, 3.8) is 0 Å². The molecule has 1 aliphatic carbocycles. The molecule has 3 aromatic rings. The molecule has 1 atom stereocenters. The summed E-state index contributed by atoms with van der Waals surface area (Å²) in [7, 11) is 1.22. The van der Waals surface area contributed by atoms with Crippen LogP contribution in [0.3, 0.4) is 0 Å². The Bertz CT molecular complexity index is 1150. The van der Waals surface area contributed by atoms with E-state index in [0.29, 0.717) is 12.8 Å². The predicted octanol–water partition coefficient (Wildman–Crippen LogP) is 3.97. The summed E-state index contributed by atoms with van der Waals surface area (Å²) in [5.41, 5.74) is -0.589. The van der Waals surface area contributed by atoms with Gasteiger partial charge in [-0.1, -0.05) is 0 Å². The minimum absolute atomic E-state index is 0.00906. The highest BCUT2D eigenvalue weighted by molar-refractivity contribution is 5.98. The quantitative estimate of drug-likeness (QED) is 0.633. The first kappa shape index (κ1) is 20.1. The second kappa shape index (κ2) is 7.93. The van der Waals surface area contributed by atoms with Gasteiger partial charge in [0, 0.05) is 24.7 Å². The fourth-order valence-corrected chi connectivity index (χ4v) is 3.61. The van der Waals surface area contributed by atoms with Gasteiger partial charge < -0.3 is 19.0 Å². The Morgan fingerprint density at radius 2 is 2.17 bits per heavy atom. The number of halogens is 2. The number of hydrogen-bond donors (Lipinski definition) is 1. The van der Waals surface area contributed by atoms with Gasteiger partial charge in [0.05, 0.1) is 24.3 Å².